The number of aliphatic hydroxyl groups excluding tert-OH is 1. The van der Waals surface area contributed by atoms with Crippen LogP contribution in [0.15, 0.2) is 36.9 Å². The number of aliphatic hydroxyl groups is 1. The Morgan fingerprint density at radius 3 is 2.56 bits per heavy atom. The lowest BCUT2D eigenvalue weighted by Gasteiger charge is -2.21. The molecule has 0 amide bonds. The molecule has 0 aliphatic rings. The van der Waals surface area contributed by atoms with E-state index in [9.17, 15) is 9.90 Å². The van der Waals surface area contributed by atoms with Crippen LogP contribution < -0.4 is 0 Å². The van der Waals surface area contributed by atoms with Crippen LogP contribution in [0.3, 0.4) is 0 Å². The molecule has 0 spiro atoms. The van der Waals surface area contributed by atoms with Crippen molar-refractivity contribution in [1.29, 1.82) is 0 Å². The Balaban J connectivity index is 2.38. The van der Waals surface area contributed by atoms with Gasteiger partial charge in [-0.3, -0.25) is 9.78 Å². The summed E-state index contributed by atoms with van der Waals surface area (Å²) in [5.74, 6) is 0.0234. The molecule has 2 aromatic rings. The van der Waals surface area contributed by atoms with E-state index in [-0.39, 0.29) is 5.78 Å². The third kappa shape index (κ3) is 7.26. The molecule has 0 aliphatic carbocycles. The summed E-state index contributed by atoms with van der Waals surface area (Å²) in [6, 6.07) is 3.05. The van der Waals surface area contributed by atoms with E-state index in [4.69, 9.17) is 4.74 Å². The number of ketones is 1. The van der Waals surface area contributed by atoms with Crippen LogP contribution in [0.25, 0.3) is 11.6 Å². The van der Waals surface area contributed by atoms with Gasteiger partial charge in [0.05, 0.1) is 0 Å². The number of carbonyl (C=O) groups is 1. The van der Waals surface area contributed by atoms with Crippen LogP contribution in [0.4, 0.5) is 0 Å². The van der Waals surface area contributed by atoms with E-state index in [0.717, 1.165) is 41.5 Å². The van der Waals surface area contributed by atoms with Crippen molar-refractivity contribution in [1.82, 2.24) is 14.5 Å². The SMILES string of the molecule is C=C(C(O)c1cncc(/C(=C/c2c(C(C)=O)cn(COCC[Si](C)(C)C)c2C)CC)c1)N(C)C. The third-order valence-electron chi connectivity index (χ3n) is 6.04. The molecule has 2 heterocycles. The number of likely N-dealkylation sites (N-methyl/N-ethyl adjacent to an activating group) is 1. The van der Waals surface area contributed by atoms with E-state index in [2.05, 4.69) is 44.2 Å². The zero-order chi connectivity index (χ0) is 25.6. The summed E-state index contributed by atoms with van der Waals surface area (Å²) in [7, 11) is 2.55. The van der Waals surface area contributed by atoms with Crippen molar-refractivity contribution in [2.24, 2.45) is 0 Å². The van der Waals surface area contributed by atoms with Gasteiger partial charge in [-0.15, -0.1) is 0 Å². The number of allylic oxidation sites excluding steroid dienone is 1. The van der Waals surface area contributed by atoms with Gasteiger partial charge in [0.1, 0.15) is 12.8 Å². The van der Waals surface area contributed by atoms with Gasteiger partial charge in [-0.1, -0.05) is 33.1 Å². The van der Waals surface area contributed by atoms with E-state index < -0.39 is 14.2 Å². The summed E-state index contributed by atoms with van der Waals surface area (Å²) in [5, 5.41) is 10.7. The zero-order valence-corrected chi connectivity index (χ0v) is 23.1. The minimum atomic E-state index is -1.15. The van der Waals surface area contributed by atoms with Crippen molar-refractivity contribution in [3.8, 4) is 0 Å². The molecule has 0 fully saturated rings. The second-order valence-corrected chi connectivity index (χ2v) is 15.9. The van der Waals surface area contributed by atoms with E-state index in [1.807, 2.05) is 37.8 Å². The summed E-state index contributed by atoms with van der Waals surface area (Å²) < 4.78 is 7.95. The summed E-state index contributed by atoms with van der Waals surface area (Å²) >= 11 is 0. The van der Waals surface area contributed by atoms with Crippen LogP contribution in [0.5, 0.6) is 0 Å². The molecule has 0 saturated carbocycles. The molecule has 0 radical (unpaired) electrons. The molecule has 7 heteroatoms. The zero-order valence-electron chi connectivity index (χ0n) is 22.1. The minimum Gasteiger partial charge on any atom is -0.382 e. The summed E-state index contributed by atoms with van der Waals surface area (Å²) in [6.07, 6.45) is 7.35. The lowest BCUT2D eigenvalue weighted by atomic mass is 9.97. The van der Waals surface area contributed by atoms with E-state index in [1.54, 1.807) is 24.2 Å². The monoisotopic (exact) mass is 483 g/mol. The maximum atomic E-state index is 12.4. The van der Waals surface area contributed by atoms with Gasteiger partial charge in [-0.05, 0) is 49.6 Å². The first kappa shape index (κ1) is 27.8. The van der Waals surface area contributed by atoms with Crippen LogP contribution >= 0.6 is 0 Å². The van der Waals surface area contributed by atoms with Crippen LogP contribution in [0.1, 0.15) is 59.1 Å². The maximum absolute atomic E-state index is 12.4. The van der Waals surface area contributed by atoms with Crippen LogP contribution in [-0.4, -0.2) is 54.1 Å². The average molecular weight is 484 g/mol. The Morgan fingerprint density at radius 2 is 2.00 bits per heavy atom. The Kier molecular flexibility index (Phi) is 9.61. The average Bonchev–Trinajstić information content (AvgIpc) is 3.08. The van der Waals surface area contributed by atoms with Crippen molar-refractivity contribution in [3.05, 3.63) is 64.9 Å². The Labute approximate surface area is 206 Å². The van der Waals surface area contributed by atoms with Crippen LogP contribution in [0.2, 0.25) is 25.7 Å². The van der Waals surface area contributed by atoms with Gasteiger partial charge in [0.25, 0.3) is 0 Å². The second kappa shape index (κ2) is 11.8. The van der Waals surface area contributed by atoms with Crippen molar-refractivity contribution in [2.75, 3.05) is 20.7 Å². The minimum absolute atomic E-state index is 0.0234. The van der Waals surface area contributed by atoms with Crippen LogP contribution in [-0.2, 0) is 11.5 Å². The lowest BCUT2D eigenvalue weighted by Crippen LogP contribution is -2.22. The molecule has 186 valence electrons. The molecule has 1 unspecified atom stereocenters. The number of ether oxygens (including phenoxy) is 1. The fourth-order valence-corrected chi connectivity index (χ4v) is 4.35. The molecular formula is C27H41N3O3Si. The second-order valence-electron chi connectivity index (χ2n) is 10.2. The highest BCUT2D eigenvalue weighted by Gasteiger charge is 2.18. The van der Waals surface area contributed by atoms with Gasteiger partial charge in [0, 0.05) is 75.4 Å². The molecule has 34 heavy (non-hydrogen) atoms. The number of hydrogen-bond donors (Lipinski definition) is 1. The fourth-order valence-electron chi connectivity index (χ4n) is 3.59. The normalized spacial score (nSPS) is 13.1. The molecule has 0 aromatic carbocycles. The first-order valence-electron chi connectivity index (χ1n) is 11.8. The van der Waals surface area contributed by atoms with E-state index in [0.29, 0.717) is 23.6 Å². The van der Waals surface area contributed by atoms with Crippen molar-refractivity contribution < 1.29 is 14.6 Å². The third-order valence-corrected chi connectivity index (χ3v) is 7.74. The molecular weight excluding hydrogens is 442 g/mol. The summed E-state index contributed by atoms with van der Waals surface area (Å²) in [5.41, 5.74) is 5.83. The van der Waals surface area contributed by atoms with Gasteiger partial charge in [-0.2, -0.15) is 0 Å². The number of aromatic nitrogens is 2. The number of hydrogen-bond acceptors (Lipinski definition) is 5. The van der Waals surface area contributed by atoms with Gasteiger partial charge in [0.2, 0.25) is 0 Å². The first-order valence-corrected chi connectivity index (χ1v) is 15.5. The molecule has 1 atom stereocenters. The van der Waals surface area contributed by atoms with Gasteiger partial charge < -0.3 is 19.3 Å². The highest BCUT2D eigenvalue weighted by atomic mass is 28.3. The van der Waals surface area contributed by atoms with Crippen molar-refractivity contribution in [2.45, 2.75) is 65.7 Å². The topological polar surface area (TPSA) is 67.6 Å². The molecule has 0 aliphatic heterocycles. The predicted octanol–water partition coefficient (Wildman–Crippen LogP) is 5.77. The smallest absolute Gasteiger partial charge is 0.161 e. The first-order chi connectivity index (χ1) is 15.9. The largest absolute Gasteiger partial charge is 0.382 e. The van der Waals surface area contributed by atoms with Gasteiger partial charge in [0.15, 0.2) is 5.78 Å². The molecule has 2 rings (SSSR count). The lowest BCUT2D eigenvalue weighted by molar-refractivity contribution is 0.0860. The number of pyridine rings is 1. The molecule has 1 N–H and O–H groups in total. The Hall–Kier alpha value is -2.48. The standard InChI is InChI=1S/C27H41N3O3Si/c1-10-22(23-13-24(16-28-15-23)27(32)20(3)29(5)6)14-25-19(2)30(17-26(25)21(4)31)18-33-11-12-34(7,8)9/h13-17,27,32H,3,10-12,18H2,1-2,4-9H3/b22-14+. The van der Waals surface area contributed by atoms with Crippen molar-refractivity contribution >= 4 is 25.5 Å². The molecule has 0 bridgehead atoms. The molecule has 2 aromatic heterocycles. The predicted molar refractivity (Wildman–Crippen MR) is 143 cm³/mol. The number of carbonyl (C=O) groups excluding carboxylic acids is 1. The number of nitrogens with zero attached hydrogens (tertiary/aromatic N) is 3. The quantitative estimate of drug-likeness (QED) is 0.236. The Morgan fingerprint density at radius 1 is 1.32 bits per heavy atom. The van der Waals surface area contributed by atoms with Crippen LogP contribution in [0, 0.1) is 6.92 Å². The summed E-state index contributed by atoms with van der Waals surface area (Å²) in [6.45, 7) is 17.8. The number of Topliss-reactive ketones (excluding diaryl/α,β-unsaturated/α-hetero) is 1. The molecule has 6 nitrogen and oxygen atoms in total. The fraction of sp³-hybridized carbons (Fsp3) is 0.481. The highest BCUT2D eigenvalue weighted by Crippen LogP contribution is 2.29. The summed E-state index contributed by atoms with van der Waals surface area (Å²) in [4.78, 5) is 18.6. The van der Waals surface area contributed by atoms with Crippen molar-refractivity contribution in [3.63, 3.8) is 0 Å². The highest BCUT2D eigenvalue weighted by molar-refractivity contribution is 6.76. The maximum Gasteiger partial charge on any atom is 0.161 e. The van der Waals surface area contributed by atoms with E-state index >= 15 is 0 Å². The number of rotatable bonds is 12. The van der Waals surface area contributed by atoms with Gasteiger partial charge >= 0.3 is 0 Å². The van der Waals surface area contributed by atoms with E-state index in [1.165, 1.54) is 0 Å². The molecule has 0 saturated heterocycles. The van der Waals surface area contributed by atoms with Gasteiger partial charge in [-0.25, -0.2) is 0 Å². The Bertz CT molecular complexity index is 1050.